The minimum atomic E-state index is -0.525. The number of halogens is 1. The molecule has 8 nitrogen and oxygen atoms in total. The first-order valence-electron chi connectivity index (χ1n) is 4.95. The van der Waals surface area contributed by atoms with Crippen LogP contribution >= 0.6 is 11.6 Å². The van der Waals surface area contributed by atoms with E-state index < -0.39 is 4.92 Å². The van der Waals surface area contributed by atoms with Crippen LogP contribution in [0.5, 0.6) is 0 Å². The molecular weight excluding hydrogens is 260 g/mol. The predicted octanol–water partition coefficient (Wildman–Crippen LogP) is 1.38. The van der Waals surface area contributed by atoms with Crippen molar-refractivity contribution in [3.8, 4) is 0 Å². The van der Waals surface area contributed by atoms with Crippen molar-refractivity contribution in [3.63, 3.8) is 0 Å². The van der Waals surface area contributed by atoms with E-state index in [-0.39, 0.29) is 23.2 Å². The first kappa shape index (κ1) is 12.2. The lowest BCUT2D eigenvalue weighted by molar-refractivity contribution is -0.384. The number of aryl methyl sites for hydroxylation is 1. The molecule has 18 heavy (non-hydrogen) atoms. The number of hydrogen-bond donors (Lipinski definition) is 1. The van der Waals surface area contributed by atoms with Gasteiger partial charge in [-0.25, -0.2) is 4.98 Å². The number of aromatic nitrogens is 4. The van der Waals surface area contributed by atoms with Crippen LogP contribution in [-0.2, 0) is 13.6 Å². The maximum absolute atomic E-state index is 10.8. The average Bonchev–Trinajstić information content (AvgIpc) is 2.72. The maximum Gasteiger partial charge on any atom is 0.311 e. The molecule has 0 radical (unpaired) electrons. The van der Waals surface area contributed by atoms with Crippen LogP contribution in [-0.4, -0.2) is 24.7 Å². The number of anilines is 1. The molecule has 2 rings (SSSR count). The van der Waals surface area contributed by atoms with Gasteiger partial charge in [0.2, 0.25) is 5.82 Å². The van der Waals surface area contributed by atoms with Crippen molar-refractivity contribution in [3.05, 3.63) is 39.6 Å². The van der Waals surface area contributed by atoms with Crippen LogP contribution in [0.3, 0.4) is 0 Å². The zero-order valence-electron chi connectivity index (χ0n) is 9.37. The Morgan fingerprint density at radius 2 is 2.33 bits per heavy atom. The summed E-state index contributed by atoms with van der Waals surface area (Å²) >= 11 is 5.71. The Labute approximate surface area is 107 Å². The van der Waals surface area contributed by atoms with Gasteiger partial charge in [0.05, 0.1) is 11.5 Å². The van der Waals surface area contributed by atoms with Gasteiger partial charge in [0.25, 0.3) is 0 Å². The molecule has 2 aromatic rings. The molecule has 0 aromatic carbocycles. The predicted molar refractivity (Wildman–Crippen MR) is 64.2 cm³/mol. The number of nitrogens with zero attached hydrogens (tertiary/aromatic N) is 5. The van der Waals surface area contributed by atoms with Gasteiger partial charge in [-0.05, 0) is 6.07 Å². The number of rotatable bonds is 4. The van der Waals surface area contributed by atoms with Gasteiger partial charge in [0.1, 0.15) is 11.5 Å². The summed E-state index contributed by atoms with van der Waals surface area (Å²) in [4.78, 5) is 14.2. The molecule has 0 bridgehead atoms. The van der Waals surface area contributed by atoms with E-state index in [0.717, 1.165) is 0 Å². The summed E-state index contributed by atoms with van der Waals surface area (Å²) in [5.41, 5.74) is -0.137. The highest BCUT2D eigenvalue weighted by atomic mass is 35.5. The fraction of sp³-hybridized carbons (Fsp3) is 0.222. The highest BCUT2D eigenvalue weighted by molar-refractivity contribution is 6.29. The highest BCUT2D eigenvalue weighted by Crippen LogP contribution is 2.24. The minimum absolute atomic E-state index is 0.107. The molecule has 0 aliphatic heterocycles. The topological polar surface area (TPSA) is 98.8 Å². The molecule has 0 aliphatic rings. The first-order valence-corrected chi connectivity index (χ1v) is 5.33. The van der Waals surface area contributed by atoms with E-state index in [0.29, 0.717) is 5.82 Å². The number of hydrogen-bond acceptors (Lipinski definition) is 6. The van der Waals surface area contributed by atoms with Crippen molar-refractivity contribution in [2.45, 2.75) is 6.54 Å². The first-order chi connectivity index (χ1) is 8.58. The van der Waals surface area contributed by atoms with E-state index >= 15 is 0 Å². The lowest BCUT2D eigenvalue weighted by atomic mass is 10.4. The largest absolute Gasteiger partial charge is 0.357 e. The quantitative estimate of drug-likeness (QED) is 0.511. The van der Waals surface area contributed by atoms with Crippen LogP contribution in [0.2, 0.25) is 5.15 Å². The summed E-state index contributed by atoms with van der Waals surface area (Å²) in [5, 5.41) is 21.4. The van der Waals surface area contributed by atoms with Crippen LogP contribution in [0.25, 0.3) is 0 Å². The summed E-state index contributed by atoms with van der Waals surface area (Å²) < 4.78 is 1.70. The molecule has 0 spiro atoms. The second kappa shape index (κ2) is 4.96. The molecule has 0 amide bonds. The second-order valence-corrected chi connectivity index (χ2v) is 3.86. The summed E-state index contributed by atoms with van der Waals surface area (Å²) in [6.45, 7) is 0.269. The molecule has 0 aliphatic carbocycles. The summed E-state index contributed by atoms with van der Waals surface area (Å²) in [7, 11) is 1.77. The van der Waals surface area contributed by atoms with Gasteiger partial charge < -0.3 is 9.88 Å². The van der Waals surface area contributed by atoms with Gasteiger partial charge in [0, 0.05) is 13.1 Å². The average molecular weight is 269 g/mol. The van der Waals surface area contributed by atoms with Crippen molar-refractivity contribution >= 4 is 23.1 Å². The Bertz CT molecular complexity index is 584. The van der Waals surface area contributed by atoms with Crippen molar-refractivity contribution in [2.75, 3.05) is 5.32 Å². The van der Waals surface area contributed by atoms with Gasteiger partial charge in [-0.3, -0.25) is 10.1 Å². The minimum Gasteiger partial charge on any atom is -0.357 e. The lowest BCUT2D eigenvalue weighted by Gasteiger charge is -2.05. The molecule has 9 heteroatoms. The Hall–Kier alpha value is -2.22. The number of pyridine rings is 1. The molecule has 1 N–H and O–H groups in total. The standard InChI is InChI=1S/C9H9ClN6O2/c1-15-5-12-14-8(15)4-11-9-6(16(17)18)2-3-7(10)13-9/h2-3,5H,4H2,1H3,(H,11,13). The molecule has 0 atom stereocenters. The van der Waals surface area contributed by atoms with E-state index in [1.807, 2.05) is 0 Å². The van der Waals surface area contributed by atoms with Gasteiger partial charge in [-0.1, -0.05) is 11.6 Å². The van der Waals surface area contributed by atoms with Crippen LogP contribution in [0.1, 0.15) is 5.82 Å². The zero-order valence-corrected chi connectivity index (χ0v) is 10.1. The van der Waals surface area contributed by atoms with Crippen molar-refractivity contribution in [1.82, 2.24) is 19.7 Å². The van der Waals surface area contributed by atoms with Gasteiger partial charge in [-0.15, -0.1) is 10.2 Å². The van der Waals surface area contributed by atoms with Gasteiger partial charge >= 0.3 is 5.69 Å². The van der Waals surface area contributed by atoms with Crippen molar-refractivity contribution in [2.24, 2.45) is 7.05 Å². The van der Waals surface area contributed by atoms with Crippen LogP contribution in [0.15, 0.2) is 18.5 Å². The maximum atomic E-state index is 10.8. The lowest BCUT2D eigenvalue weighted by Crippen LogP contribution is -2.08. The van der Waals surface area contributed by atoms with E-state index in [9.17, 15) is 10.1 Å². The molecule has 2 aromatic heterocycles. The molecule has 94 valence electrons. The molecule has 2 heterocycles. The van der Waals surface area contributed by atoms with Gasteiger partial charge in [0.15, 0.2) is 5.82 Å². The Morgan fingerprint density at radius 3 is 2.94 bits per heavy atom. The second-order valence-electron chi connectivity index (χ2n) is 3.47. The van der Waals surface area contributed by atoms with E-state index in [4.69, 9.17) is 11.6 Å². The normalized spacial score (nSPS) is 10.3. The number of nitrogens with one attached hydrogen (secondary N) is 1. The monoisotopic (exact) mass is 268 g/mol. The molecule has 0 fully saturated rings. The van der Waals surface area contributed by atoms with E-state index in [1.54, 1.807) is 11.6 Å². The van der Waals surface area contributed by atoms with E-state index in [1.165, 1.54) is 18.5 Å². The Balaban J connectivity index is 2.20. The molecule has 0 unspecified atom stereocenters. The fourth-order valence-corrected chi connectivity index (χ4v) is 1.48. The zero-order chi connectivity index (χ0) is 13.1. The van der Waals surface area contributed by atoms with Gasteiger partial charge in [-0.2, -0.15) is 0 Å². The third-order valence-electron chi connectivity index (χ3n) is 2.26. The smallest absolute Gasteiger partial charge is 0.311 e. The van der Waals surface area contributed by atoms with Crippen LogP contribution < -0.4 is 5.32 Å². The SMILES string of the molecule is Cn1cnnc1CNc1nc(Cl)ccc1[N+](=O)[O-]. The van der Waals surface area contributed by atoms with E-state index in [2.05, 4.69) is 20.5 Å². The third kappa shape index (κ3) is 2.54. The molecular formula is C9H9ClN6O2. The van der Waals surface area contributed by atoms with Crippen LogP contribution in [0.4, 0.5) is 11.5 Å². The van der Waals surface area contributed by atoms with Crippen molar-refractivity contribution in [1.29, 1.82) is 0 Å². The highest BCUT2D eigenvalue weighted by Gasteiger charge is 2.15. The third-order valence-corrected chi connectivity index (χ3v) is 2.47. The Morgan fingerprint density at radius 1 is 1.56 bits per heavy atom. The Kier molecular flexibility index (Phi) is 3.38. The summed E-state index contributed by atoms with van der Waals surface area (Å²) in [5.74, 6) is 0.738. The fourth-order valence-electron chi connectivity index (χ4n) is 1.34. The summed E-state index contributed by atoms with van der Waals surface area (Å²) in [6.07, 6.45) is 1.54. The summed E-state index contributed by atoms with van der Waals surface area (Å²) in [6, 6.07) is 2.67. The van der Waals surface area contributed by atoms with Crippen molar-refractivity contribution < 1.29 is 4.92 Å². The van der Waals surface area contributed by atoms with Crippen LogP contribution in [0, 0.1) is 10.1 Å². The number of nitro groups is 1. The molecule has 0 saturated carbocycles. The molecule has 0 saturated heterocycles.